The Hall–Kier alpha value is -1.62. The van der Waals surface area contributed by atoms with E-state index in [-0.39, 0.29) is 5.54 Å². The highest BCUT2D eigenvalue weighted by atomic mass is 16.1. The molecule has 0 spiro atoms. The summed E-state index contributed by atoms with van der Waals surface area (Å²) in [5.74, 6) is 0.178. The van der Waals surface area contributed by atoms with Crippen molar-refractivity contribution in [2.24, 2.45) is 11.5 Å². The predicted molar refractivity (Wildman–Crippen MR) is 68.7 cm³/mol. The van der Waals surface area contributed by atoms with Crippen molar-refractivity contribution in [3.63, 3.8) is 0 Å². The van der Waals surface area contributed by atoms with Crippen LogP contribution in [0.5, 0.6) is 0 Å². The van der Waals surface area contributed by atoms with Crippen LogP contribution in [-0.2, 0) is 0 Å². The van der Waals surface area contributed by atoms with E-state index in [1.165, 1.54) is 0 Å². The molecule has 0 saturated carbocycles. The number of nitrogens with zero attached hydrogens (tertiary/aromatic N) is 1. The maximum absolute atomic E-state index is 11.1. The zero-order chi connectivity index (χ0) is 12.9. The van der Waals surface area contributed by atoms with E-state index in [0.717, 1.165) is 12.8 Å². The summed E-state index contributed by atoms with van der Waals surface area (Å²) in [6, 6.07) is 3.24. The second kappa shape index (κ2) is 5.63. The van der Waals surface area contributed by atoms with Crippen LogP contribution >= 0.6 is 0 Å². The van der Waals surface area contributed by atoms with E-state index in [2.05, 4.69) is 24.1 Å². The van der Waals surface area contributed by atoms with Gasteiger partial charge in [-0.2, -0.15) is 0 Å². The number of carbonyl (C=O) groups is 1. The number of amides is 1. The minimum absolute atomic E-state index is 0.177. The molecular formula is C12H20N4O. The van der Waals surface area contributed by atoms with Crippen LogP contribution in [-0.4, -0.2) is 23.0 Å². The van der Waals surface area contributed by atoms with Gasteiger partial charge in [-0.1, -0.05) is 13.8 Å². The predicted octanol–water partition coefficient (Wildman–Crippen LogP) is 1.11. The molecule has 5 nitrogen and oxygen atoms in total. The summed E-state index contributed by atoms with van der Waals surface area (Å²) < 4.78 is 0. The average Bonchev–Trinajstić information content (AvgIpc) is 2.36. The number of rotatable bonds is 6. The number of hydrogen-bond acceptors (Lipinski definition) is 4. The van der Waals surface area contributed by atoms with E-state index < -0.39 is 5.91 Å². The first kappa shape index (κ1) is 13.4. The quantitative estimate of drug-likeness (QED) is 0.689. The van der Waals surface area contributed by atoms with E-state index in [9.17, 15) is 4.79 Å². The molecule has 5 N–H and O–H groups in total. The topological polar surface area (TPSA) is 94.0 Å². The minimum Gasteiger partial charge on any atom is -0.366 e. The van der Waals surface area contributed by atoms with Crippen LogP contribution in [0.25, 0.3) is 0 Å². The highest BCUT2D eigenvalue weighted by Crippen LogP contribution is 2.20. The second-order valence-corrected chi connectivity index (χ2v) is 4.11. The summed E-state index contributed by atoms with van der Waals surface area (Å²) in [7, 11) is 0. The highest BCUT2D eigenvalue weighted by Gasteiger charge is 2.24. The lowest BCUT2D eigenvalue weighted by atomic mass is 9.93. The summed E-state index contributed by atoms with van der Waals surface area (Å²) in [6.07, 6.45) is 3.35. The molecule has 1 rings (SSSR count). The van der Waals surface area contributed by atoms with Gasteiger partial charge in [0, 0.05) is 18.3 Å². The van der Waals surface area contributed by atoms with E-state index in [4.69, 9.17) is 11.5 Å². The molecule has 0 atom stereocenters. The van der Waals surface area contributed by atoms with Gasteiger partial charge in [-0.3, -0.25) is 4.79 Å². The van der Waals surface area contributed by atoms with Crippen molar-refractivity contribution in [3.05, 3.63) is 23.9 Å². The number of carbonyl (C=O) groups excluding carboxylic acids is 1. The van der Waals surface area contributed by atoms with E-state index in [0.29, 0.717) is 17.9 Å². The largest absolute Gasteiger partial charge is 0.366 e. The molecule has 0 radical (unpaired) electrons. The van der Waals surface area contributed by atoms with Gasteiger partial charge in [0.25, 0.3) is 0 Å². The van der Waals surface area contributed by atoms with Crippen LogP contribution in [0.2, 0.25) is 0 Å². The molecule has 0 aliphatic carbocycles. The summed E-state index contributed by atoms with van der Waals surface area (Å²) in [6.45, 7) is 4.66. The number of anilines is 1. The fourth-order valence-electron chi connectivity index (χ4n) is 1.69. The van der Waals surface area contributed by atoms with Crippen LogP contribution in [0.15, 0.2) is 18.3 Å². The molecule has 0 aliphatic rings. The summed E-state index contributed by atoms with van der Waals surface area (Å²) in [4.78, 5) is 15.2. The Bertz CT molecular complexity index is 380. The van der Waals surface area contributed by atoms with Crippen LogP contribution in [0, 0.1) is 0 Å². The summed E-state index contributed by atoms with van der Waals surface area (Å²) in [5, 5.41) is 3.29. The zero-order valence-electron chi connectivity index (χ0n) is 10.4. The van der Waals surface area contributed by atoms with Crippen LogP contribution in [0.4, 0.5) is 5.82 Å². The Kier molecular flexibility index (Phi) is 4.45. The third kappa shape index (κ3) is 3.17. The number of nitrogens with two attached hydrogens (primary N) is 2. The zero-order valence-corrected chi connectivity index (χ0v) is 10.4. The number of nitrogens with one attached hydrogen (secondary N) is 1. The van der Waals surface area contributed by atoms with Crippen molar-refractivity contribution in [1.82, 2.24) is 4.98 Å². The maximum Gasteiger partial charge on any atom is 0.248 e. The molecule has 1 heterocycles. The first-order chi connectivity index (χ1) is 8.06. The molecule has 0 saturated heterocycles. The Labute approximate surface area is 102 Å². The van der Waals surface area contributed by atoms with E-state index in [1.807, 2.05) is 0 Å². The van der Waals surface area contributed by atoms with Gasteiger partial charge in [-0.15, -0.1) is 0 Å². The molecule has 1 aromatic heterocycles. The molecule has 0 fully saturated rings. The van der Waals surface area contributed by atoms with Crippen molar-refractivity contribution in [2.75, 3.05) is 11.9 Å². The van der Waals surface area contributed by atoms with Crippen molar-refractivity contribution < 1.29 is 4.79 Å². The second-order valence-electron chi connectivity index (χ2n) is 4.11. The Morgan fingerprint density at radius 3 is 2.59 bits per heavy atom. The lowest BCUT2D eigenvalue weighted by Gasteiger charge is -2.32. The molecule has 0 unspecified atom stereocenters. The van der Waals surface area contributed by atoms with Gasteiger partial charge in [0.1, 0.15) is 5.82 Å². The van der Waals surface area contributed by atoms with Gasteiger partial charge in [-0.25, -0.2) is 4.98 Å². The number of hydrogen-bond donors (Lipinski definition) is 3. The molecular weight excluding hydrogens is 216 g/mol. The van der Waals surface area contributed by atoms with Crippen molar-refractivity contribution >= 4 is 11.7 Å². The van der Waals surface area contributed by atoms with E-state index in [1.54, 1.807) is 18.3 Å². The fraction of sp³-hybridized carbons (Fsp3) is 0.500. The standard InChI is InChI=1S/C12H20N4O/c1-3-12(4-2,8-13)16-10-7-9(11(14)17)5-6-15-10/h5-7H,3-4,8,13H2,1-2H3,(H2,14,17)(H,15,16). The smallest absolute Gasteiger partial charge is 0.248 e. The van der Waals surface area contributed by atoms with Gasteiger partial charge in [0.2, 0.25) is 5.91 Å². The lowest BCUT2D eigenvalue weighted by Crippen LogP contribution is -2.44. The van der Waals surface area contributed by atoms with Gasteiger partial charge in [0.15, 0.2) is 0 Å². The normalized spacial score (nSPS) is 11.2. The first-order valence-corrected chi connectivity index (χ1v) is 5.81. The van der Waals surface area contributed by atoms with Crippen molar-refractivity contribution in [3.8, 4) is 0 Å². The molecule has 0 aliphatic heterocycles. The van der Waals surface area contributed by atoms with E-state index >= 15 is 0 Å². The SMILES string of the molecule is CCC(CC)(CN)Nc1cc(C(N)=O)ccn1. The van der Waals surface area contributed by atoms with Crippen molar-refractivity contribution in [1.29, 1.82) is 0 Å². The monoisotopic (exact) mass is 236 g/mol. The molecule has 17 heavy (non-hydrogen) atoms. The highest BCUT2D eigenvalue weighted by molar-refractivity contribution is 5.93. The van der Waals surface area contributed by atoms with Crippen LogP contribution in [0.3, 0.4) is 0 Å². The van der Waals surface area contributed by atoms with Crippen LogP contribution in [0.1, 0.15) is 37.0 Å². The van der Waals surface area contributed by atoms with Gasteiger partial charge in [-0.05, 0) is 25.0 Å². The Morgan fingerprint density at radius 2 is 2.12 bits per heavy atom. The van der Waals surface area contributed by atoms with Crippen LogP contribution < -0.4 is 16.8 Å². The fourth-order valence-corrected chi connectivity index (χ4v) is 1.69. The number of pyridine rings is 1. The Morgan fingerprint density at radius 1 is 1.47 bits per heavy atom. The van der Waals surface area contributed by atoms with Crippen molar-refractivity contribution in [2.45, 2.75) is 32.2 Å². The number of primary amides is 1. The molecule has 0 bridgehead atoms. The molecule has 94 valence electrons. The average molecular weight is 236 g/mol. The van der Waals surface area contributed by atoms with Gasteiger partial charge < -0.3 is 16.8 Å². The first-order valence-electron chi connectivity index (χ1n) is 5.81. The third-order valence-corrected chi connectivity index (χ3v) is 3.18. The summed E-state index contributed by atoms with van der Waals surface area (Å²) in [5.41, 5.74) is 11.3. The molecule has 5 heteroatoms. The summed E-state index contributed by atoms with van der Waals surface area (Å²) >= 11 is 0. The molecule has 1 aromatic rings. The molecule has 1 amide bonds. The van der Waals surface area contributed by atoms with Gasteiger partial charge >= 0.3 is 0 Å². The number of aromatic nitrogens is 1. The minimum atomic E-state index is -0.457. The lowest BCUT2D eigenvalue weighted by molar-refractivity contribution is 0.1000. The maximum atomic E-state index is 11.1. The van der Waals surface area contributed by atoms with Gasteiger partial charge in [0.05, 0.1) is 5.54 Å². The third-order valence-electron chi connectivity index (χ3n) is 3.18. The Balaban J connectivity index is 2.93. The molecule has 0 aromatic carbocycles.